The van der Waals surface area contributed by atoms with Gasteiger partial charge in [0.1, 0.15) is 0 Å². The summed E-state index contributed by atoms with van der Waals surface area (Å²) in [5.41, 5.74) is 2.37. The molecule has 0 aliphatic heterocycles. The molecular formula is C18H17NO2S. The average molecular weight is 311 g/mol. The molecule has 0 aromatic heterocycles. The number of benzene rings is 2. The summed E-state index contributed by atoms with van der Waals surface area (Å²) < 4.78 is 11.2. The summed E-state index contributed by atoms with van der Waals surface area (Å²) in [4.78, 5) is 12.0. The highest BCUT2D eigenvalue weighted by atomic mass is 32.2. The zero-order valence-electron chi connectivity index (χ0n) is 12.3. The predicted octanol–water partition coefficient (Wildman–Crippen LogP) is 2.35. The van der Waals surface area contributed by atoms with E-state index in [-0.39, 0.29) is 12.5 Å². The Morgan fingerprint density at radius 2 is 1.91 bits per heavy atom. The Morgan fingerprint density at radius 3 is 2.64 bits per heavy atom. The van der Waals surface area contributed by atoms with Crippen molar-refractivity contribution in [2.75, 3.05) is 12.8 Å². The van der Waals surface area contributed by atoms with Crippen LogP contribution in [0.15, 0.2) is 54.6 Å². The summed E-state index contributed by atoms with van der Waals surface area (Å²) in [6.45, 7) is 0.289. The van der Waals surface area contributed by atoms with Crippen molar-refractivity contribution in [2.24, 2.45) is 0 Å². The molecule has 0 fully saturated rings. The molecule has 1 N–H and O–H groups in total. The fraction of sp³-hybridized carbons (Fsp3) is 0.167. The van der Waals surface area contributed by atoms with Gasteiger partial charge in [0, 0.05) is 33.9 Å². The summed E-state index contributed by atoms with van der Waals surface area (Å²) in [5.74, 6) is 6.18. The van der Waals surface area contributed by atoms with Crippen molar-refractivity contribution in [3.05, 3.63) is 71.3 Å². The van der Waals surface area contributed by atoms with E-state index in [1.165, 1.54) is 0 Å². The van der Waals surface area contributed by atoms with Gasteiger partial charge in [0.15, 0.2) is 0 Å². The van der Waals surface area contributed by atoms with Crippen LogP contribution < -0.4 is 5.32 Å². The first-order chi connectivity index (χ1) is 10.6. The smallest absolute Gasteiger partial charge is 0.252 e. The summed E-state index contributed by atoms with van der Waals surface area (Å²) in [7, 11) is -0.920. The van der Waals surface area contributed by atoms with Gasteiger partial charge in [-0.15, -0.1) is 0 Å². The van der Waals surface area contributed by atoms with Crippen LogP contribution in [0.5, 0.6) is 0 Å². The van der Waals surface area contributed by atoms with Crippen molar-refractivity contribution in [1.29, 1.82) is 0 Å². The van der Waals surface area contributed by atoms with Gasteiger partial charge in [-0.2, -0.15) is 0 Å². The Kier molecular flexibility index (Phi) is 5.93. The summed E-state index contributed by atoms with van der Waals surface area (Å²) in [6, 6.07) is 16.8. The molecule has 0 saturated carbocycles. The van der Waals surface area contributed by atoms with Crippen molar-refractivity contribution < 1.29 is 9.00 Å². The highest BCUT2D eigenvalue weighted by Crippen LogP contribution is 2.07. The molecule has 112 valence electrons. The molecule has 0 spiro atoms. The van der Waals surface area contributed by atoms with Gasteiger partial charge in [-0.3, -0.25) is 9.00 Å². The summed E-state index contributed by atoms with van der Waals surface area (Å²) in [5, 5.41) is 2.76. The highest BCUT2D eigenvalue weighted by molar-refractivity contribution is 7.83. The third kappa shape index (κ3) is 5.19. The second-order valence-corrected chi connectivity index (χ2v) is 6.20. The molecule has 0 heterocycles. The monoisotopic (exact) mass is 311 g/mol. The van der Waals surface area contributed by atoms with Gasteiger partial charge in [0.25, 0.3) is 5.91 Å². The molecule has 1 atom stereocenters. The van der Waals surface area contributed by atoms with Gasteiger partial charge in [-0.25, -0.2) is 0 Å². The second-order valence-electron chi connectivity index (χ2n) is 4.77. The van der Waals surface area contributed by atoms with E-state index < -0.39 is 10.8 Å². The number of amides is 1. The minimum absolute atomic E-state index is 0.175. The Morgan fingerprint density at radius 1 is 1.14 bits per heavy atom. The van der Waals surface area contributed by atoms with Crippen molar-refractivity contribution >= 4 is 16.7 Å². The van der Waals surface area contributed by atoms with Crippen LogP contribution in [0.3, 0.4) is 0 Å². The molecule has 22 heavy (non-hydrogen) atoms. The van der Waals surface area contributed by atoms with E-state index in [1.807, 2.05) is 36.4 Å². The standard InChI is InChI=1S/C18H17NO2S/c1-22(21)14-16-9-5-11-17(13-16)18(20)19-12-6-10-15-7-3-2-4-8-15/h2-5,7-9,11,13H,12,14H2,1H3,(H,19,20). The Hall–Kier alpha value is -2.38. The lowest BCUT2D eigenvalue weighted by atomic mass is 10.1. The molecule has 2 rings (SSSR count). The third-order valence-corrected chi connectivity index (χ3v) is 3.64. The first-order valence-electron chi connectivity index (χ1n) is 6.86. The highest BCUT2D eigenvalue weighted by Gasteiger charge is 2.05. The quantitative estimate of drug-likeness (QED) is 0.881. The van der Waals surface area contributed by atoms with E-state index in [9.17, 15) is 9.00 Å². The zero-order chi connectivity index (χ0) is 15.8. The molecule has 0 aliphatic carbocycles. The average Bonchev–Trinajstić information content (AvgIpc) is 2.52. The van der Waals surface area contributed by atoms with Gasteiger partial charge in [-0.1, -0.05) is 42.2 Å². The largest absolute Gasteiger partial charge is 0.341 e. The fourth-order valence-corrected chi connectivity index (χ4v) is 2.58. The maximum atomic E-state index is 12.0. The number of carbonyl (C=O) groups is 1. The lowest BCUT2D eigenvalue weighted by Gasteiger charge is -2.04. The molecule has 3 nitrogen and oxygen atoms in total. The molecule has 0 aliphatic rings. The zero-order valence-corrected chi connectivity index (χ0v) is 13.2. The number of nitrogens with one attached hydrogen (secondary N) is 1. The molecule has 0 saturated heterocycles. The van der Waals surface area contributed by atoms with Crippen molar-refractivity contribution in [1.82, 2.24) is 5.32 Å². The Bertz CT molecular complexity index is 729. The van der Waals surface area contributed by atoms with Gasteiger partial charge in [0.05, 0.1) is 6.54 Å². The van der Waals surface area contributed by atoms with E-state index in [0.29, 0.717) is 11.3 Å². The first kappa shape index (κ1) is 16.0. The molecule has 0 radical (unpaired) electrons. The maximum absolute atomic E-state index is 12.0. The molecule has 2 aromatic carbocycles. The van der Waals surface area contributed by atoms with E-state index >= 15 is 0 Å². The fourth-order valence-electron chi connectivity index (χ4n) is 1.93. The lowest BCUT2D eigenvalue weighted by Crippen LogP contribution is -2.23. The number of hydrogen-bond donors (Lipinski definition) is 1. The lowest BCUT2D eigenvalue weighted by molar-refractivity contribution is 0.0958. The van der Waals surface area contributed by atoms with Gasteiger partial charge in [0.2, 0.25) is 0 Å². The molecule has 1 unspecified atom stereocenters. The second kappa shape index (κ2) is 8.16. The molecule has 4 heteroatoms. The van der Waals surface area contributed by atoms with Crippen LogP contribution in [0.25, 0.3) is 0 Å². The Balaban J connectivity index is 1.93. The minimum atomic E-state index is -0.920. The van der Waals surface area contributed by atoms with Crippen molar-refractivity contribution in [2.45, 2.75) is 5.75 Å². The van der Waals surface area contributed by atoms with Crippen LogP contribution >= 0.6 is 0 Å². The summed E-state index contributed by atoms with van der Waals surface area (Å²) in [6.07, 6.45) is 1.64. The van der Waals surface area contributed by atoms with E-state index in [1.54, 1.807) is 24.5 Å². The van der Waals surface area contributed by atoms with Crippen LogP contribution in [0, 0.1) is 11.8 Å². The van der Waals surface area contributed by atoms with E-state index in [0.717, 1.165) is 11.1 Å². The first-order valence-corrected chi connectivity index (χ1v) is 8.59. The SMILES string of the molecule is CS(=O)Cc1cccc(C(=O)NCC#Cc2ccccc2)c1. The van der Waals surface area contributed by atoms with Gasteiger partial charge < -0.3 is 5.32 Å². The van der Waals surface area contributed by atoms with Crippen molar-refractivity contribution in [3.8, 4) is 11.8 Å². The molecule has 0 bridgehead atoms. The number of rotatable bonds is 4. The predicted molar refractivity (Wildman–Crippen MR) is 89.9 cm³/mol. The minimum Gasteiger partial charge on any atom is -0.341 e. The van der Waals surface area contributed by atoms with Crippen LogP contribution in [0.2, 0.25) is 0 Å². The summed E-state index contributed by atoms with van der Waals surface area (Å²) >= 11 is 0. The molecule has 2 aromatic rings. The van der Waals surface area contributed by atoms with E-state index in [4.69, 9.17) is 0 Å². The molecule has 1 amide bonds. The van der Waals surface area contributed by atoms with Crippen LogP contribution in [-0.2, 0) is 16.6 Å². The van der Waals surface area contributed by atoms with Crippen LogP contribution in [0.4, 0.5) is 0 Å². The molecular weight excluding hydrogens is 294 g/mol. The Labute approximate surface area is 133 Å². The third-order valence-electron chi connectivity index (χ3n) is 2.90. The normalized spacial score (nSPS) is 11.1. The van der Waals surface area contributed by atoms with Crippen LogP contribution in [-0.4, -0.2) is 22.9 Å². The number of carbonyl (C=O) groups excluding carboxylic acids is 1. The van der Waals surface area contributed by atoms with Gasteiger partial charge in [-0.05, 0) is 29.8 Å². The van der Waals surface area contributed by atoms with Crippen LogP contribution in [0.1, 0.15) is 21.5 Å². The maximum Gasteiger partial charge on any atom is 0.252 e. The topological polar surface area (TPSA) is 46.2 Å². The van der Waals surface area contributed by atoms with Gasteiger partial charge >= 0.3 is 0 Å². The van der Waals surface area contributed by atoms with E-state index in [2.05, 4.69) is 17.2 Å². The number of hydrogen-bond acceptors (Lipinski definition) is 2. The van der Waals surface area contributed by atoms with Crippen molar-refractivity contribution in [3.63, 3.8) is 0 Å².